The summed E-state index contributed by atoms with van der Waals surface area (Å²) in [6, 6.07) is 0. The molecule has 66 valence electrons. The molecule has 0 amide bonds. The summed E-state index contributed by atoms with van der Waals surface area (Å²) < 4.78 is 0. The molecule has 11 heavy (non-hydrogen) atoms. The van der Waals surface area contributed by atoms with Crippen molar-refractivity contribution in [1.82, 2.24) is 0 Å². The van der Waals surface area contributed by atoms with Gasteiger partial charge in [-0.25, -0.2) is 0 Å². The Hall–Kier alpha value is -0.570. The van der Waals surface area contributed by atoms with E-state index in [1.54, 1.807) is 0 Å². The molecule has 0 aromatic rings. The van der Waals surface area contributed by atoms with E-state index in [2.05, 4.69) is 0 Å². The van der Waals surface area contributed by atoms with Crippen LogP contribution in [0.25, 0.3) is 0 Å². The van der Waals surface area contributed by atoms with Crippen LogP contribution in [0.5, 0.6) is 0 Å². The minimum absolute atomic E-state index is 0.0347. The van der Waals surface area contributed by atoms with Gasteiger partial charge in [-0.05, 0) is 12.8 Å². The number of carboxylic acids is 1. The van der Waals surface area contributed by atoms with E-state index in [0.717, 1.165) is 6.42 Å². The van der Waals surface area contributed by atoms with Gasteiger partial charge in [0.1, 0.15) is 0 Å². The van der Waals surface area contributed by atoms with Crippen molar-refractivity contribution >= 4 is 5.97 Å². The van der Waals surface area contributed by atoms with Crippen molar-refractivity contribution in [1.29, 1.82) is 0 Å². The zero-order chi connectivity index (χ0) is 9.02. The predicted molar refractivity (Wildman–Crippen MR) is 42.3 cm³/mol. The SMILES string of the molecule is CC[C@H](C)[C@@H](C(=O)O)[C@H](C)O. The van der Waals surface area contributed by atoms with E-state index in [4.69, 9.17) is 10.2 Å². The van der Waals surface area contributed by atoms with Crippen LogP contribution in [0.4, 0.5) is 0 Å². The molecule has 3 atom stereocenters. The number of carbonyl (C=O) groups is 1. The molecule has 0 fully saturated rings. The largest absolute Gasteiger partial charge is 0.481 e. The van der Waals surface area contributed by atoms with Crippen molar-refractivity contribution in [3.8, 4) is 0 Å². The molecule has 0 bridgehead atoms. The van der Waals surface area contributed by atoms with Gasteiger partial charge in [0.25, 0.3) is 0 Å². The fourth-order valence-corrected chi connectivity index (χ4v) is 1.18. The minimum atomic E-state index is -0.908. The van der Waals surface area contributed by atoms with Crippen molar-refractivity contribution in [2.45, 2.75) is 33.3 Å². The van der Waals surface area contributed by atoms with Crippen LogP contribution >= 0.6 is 0 Å². The van der Waals surface area contributed by atoms with Crippen LogP contribution in [-0.2, 0) is 4.79 Å². The van der Waals surface area contributed by atoms with Gasteiger partial charge in [0, 0.05) is 0 Å². The summed E-state index contributed by atoms with van der Waals surface area (Å²) in [7, 11) is 0. The van der Waals surface area contributed by atoms with Crippen molar-refractivity contribution < 1.29 is 15.0 Å². The average molecular weight is 160 g/mol. The molecule has 0 saturated carbocycles. The summed E-state index contributed by atoms with van der Waals surface area (Å²) in [5, 5.41) is 17.8. The van der Waals surface area contributed by atoms with Crippen LogP contribution < -0.4 is 0 Å². The zero-order valence-corrected chi connectivity index (χ0v) is 7.24. The van der Waals surface area contributed by atoms with Gasteiger partial charge >= 0.3 is 5.97 Å². The molecule has 0 unspecified atom stereocenters. The average Bonchev–Trinajstić information content (AvgIpc) is 1.85. The topological polar surface area (TPSA) is 57.5 Å². The van der Waals surface area contributed by atoms with Gasteiger partial charge in [-0.3, -0.25) is 4.79 Å². The summed E-state index contributed by atoms with van der Waals surface area (Å²) in [5.74, 6) is -1.50. The maximum atomic E-state index is 10.6. The first-order chi connectivity index (χ1) is 5.00. The van der Waals surface area contributed by atoms with E-state index in [1.165, 1.54) is 6.92 Å². The first-order valence-corrected chi connectivity index (χ1v) is 3.91. The first-order valence-electron chi connectivity index (χ1n) is 3.91. The highest BCUT2D eigenvalue weighted by Gasteiger charge is 2.27. The Morgan fingerprint density at radius 2 is 1.91 bits per heavy atom. The molecule has 0 spiro atoms. The van der Waals surface area contributed by atoms with Crippen molar-refractivity contribution in [3.05, 3.63) is 0 Å². The summed E-state index contributed by atoms with van der Waals surface area (Å²) in [5.41, 5.74) is 0. The van der Waals surface area contributed by atoms with Crippen LogP contribution in [0.3, 0.4) is 0 Å². The molecular formula is C8H16O3. The lowest BCUT2D eigenvalue weighted by Gasteiger charge is -2.20. The van der Waals surface area contributed by atoms with E-state index in [0.29, 0.717) is 0 Å². The maximum Gasteiger partial charge on any atom is 0.309 e. The van der Waals surface area contributed by atoms with Crippen LogP contribution in [0.1, 0.15) is 27.2 Å². The van der Waals surface area contributed by atoms with Crippen LogP contribution in [-0.4, -0.2) is 22.3 Å². The lowest BCUT2D eigenvalue weighted by Crippen LogP contribution is -2.31. The molecule has 0 aliphatic rings. The lowest BCUT2D eigenvalue weighted by molar-refractivity contribution is -0.147. The number of rotatable bonds is 4. The molecule has 0 saturated heterocycles. The Balaban J connectivity index is 4.21. The van der Waals surface area contributed by atoms with E-state index in [9.17, 15) is 4.79 Å². The van der Waals surface area contributed by atoms with Crippen molar-refractivity contribution in [2.24, 2.45) is 11.8 Å². The van der Waals surface area contributed by atoms with E-state index >= 15 is 0 Å². The molecule has 0 radical (unpaired) electrons. The normalized spacial score (nSPS) is 18.9. The molecular weight excluding hydrogens is 144 g/mol. The number of aliphatic hydroxyl groups is 1. The highest BCUT2D eigenvalue weighted by Crippen LogP contribution is 2.18. The Labute approximate surface area is 67.0 Å². The summed E-state index contributed by atoms with van der Waals surface area (Å²) in [6.45, 7) is 5.28. The lowest BCUT2D eigenvalue weighted by atomic mass is 9.88. The second-order valence-corrected chi connectivity index (χ2v) is 2.99. The third-order valence-electron chi connectivity index (χ3n) is 2.06. The fourth-order valence-electron chi connectivity index (χ4n) is 1.18. The third-order valence-corrected chi connectivity index (χ3v) is 2.06. The van der Waals surface area contributed by atoms with Gasteiger partial charge in [0.05, 0.1) is 12.0 Å². The highest BCUT2D eigenvalue weighted by molar-refractivity contribution is 5.70. The van der Waals surface area contributed by atoms with Gasteiger partial charge in [-0.15, -0.1) is 0 Å². The molecule has 0 aliphatic carbocycles. The quantitative estimate of drug-likeness (QED) is 0.647. The summed E-state index contributed by atoms with van der Waals surface area (Å²) in [6.07, 6.45) is 0.0180. The molecule has 0 aromatic heterocycles. The zero-order valence-electron chi connectivity index (χ0n) is 7.24. The minimum Gasteiger partial charge on any atom is -0.481 e. The number of hydrogen-bond donors (Lipinski definition) is 2. The van der Waals surface area contributed by atoms with Crippen LogP contribution in [0, 0.1) is 11.8 Å². The molecule has 0 heterocycles. The van der Waals surface area contributed by atoms with Gasteiger partial charge in [-0.1, -0.05) is 20.3 Å². The molecule has 0 aromatic carbocycles. The van der Waals surface area contributed by atoms with Crippen LogP contribution in [0.2, 0.25) is 0 Å². The number of aliphatic hydroxyl groups excluding tert-OH is 1. The second kappa shape index (κ2) is 4.34. The van der Waals surface area contributed by atoms with Crippen molar-refractivity contribution in [2.75, 3.05) is 0 Å². The Bertz CT molecular complexity index is 131. The van der Waals surface area contributed by atoms with Gasteiger partial charge in [-0.2, -0.15) is 0 Å². The Morgan fingerprint density at radius 3 is 2.00 bits per heavy atom. The number of aliphatic carboxylic acids is 1. The molecule has 0 aliphatic heterocycles. The molecule has 3 heteroatoms. The summed E-state index contributed by atoms with van der Waals surface area (Å²) in [4.78, 5) is 10.6. The summed E-state index contributed by atoms with van der Waals surface area (Å²) >= 11 is 0. The smallest absolute Gasteiger partial charge is 0.309 e. The standard InChI is InChI=1S/C8H16O3/c1-4-5(2)7(6(3)9)8(10)11/h5-7,9H,4H2,1-3H3,(H,10,11)/t5-,6-,7+/m0/s1. The Morgan fingerprint density at radius 1 is 1.45 bits per heavy atom. The molecule has 3 nitrogen and oxygen atoms in total. The predicted octanol–water partition coefficient (Wildman–Crippen LogP) is 1.11. The number of hydrogen-bond acceptors (Lipinski definition) is 2. The monoisotopic (exact) mass is 160 g/mol. The van der Waals surface area contributed by atoms with Crippen LogP contribution in [0.15, 0.2) is 0 Å². The fraction of sp³-hybridized carbons (Fsp3) is 0.875. The maximum absolute atomic E-state index is 10.6. The van der Waals surface area contributed by atoms with E-state index in [1.807, 2.05) is 13.8 Å². The van der Waals surface area contributed by atoms with Gasteiger partial charge < -0.3 is 10.2 Å². The highest BCUT2D eigenvalue weighted by atomic mass is 16.4. The second-order valence-electron chi connectivity index (χ2n) is 2.99. The van der Waals surface area contributed by atoms with Crippen molar-refractivity contribution in [3.63, 3.8) is 0 Å². The van der Waals surface area contributed by atoms with Gasteiger partial charge in [0.2, 0.25) is 0 Å². The first kappa shape index (κ1) is 10.4. The Kier molecular flexibility index (Phi) is 4.11. The molecule has 0 rings (SSSR count). The van der Waals surface area contributed by atoms with Gasteiger partial charge in [0.15, 0.2) is 0 Å². The van der Waals surface area contributed by atoms with E-state index in [-0.39, 0.29) is 5.92 Å². The molecule has 2 N–H and O–H groups in total. The van der Waals surface area contributed by atoms with E-state index < -0.39 is 18.0 Å². The third kappa shape index (κ3) is 2.89. The number of carboxylic acid groups (broad SMARTS) is 1.